The first-order chi connectivity index (χ1) is 8.49. The molecule has 1 aromatic heterocycles. The molecule has 0 saturated carbocycles. The third-order valence-corrected chi connectivity index (χ3v) is 2.89. The van der Waals surface area contributed by atoms with E-state index in [1.807, 2.05) is 26.8 Å². The fraction of sp³-hybridized carbons (Fsp3) is 0.267. The summed E-state index contributed by atoms with van der Waals surface area (Å²) in [5, 5.41) is 0. The second-order valence-corrected chi connectivity index (χ2v) is 4.78. The largest absolute Gasteiger partial charge is 0.284 e. The van der Waals surface area contributed by atoms with Crippen LogP contribution < -0.4 is 5.56 Å². The van der Waals surface area contributed by atoms with E-state index < -0.39 is 0 Å². The Morgan fingerprint density at radius 3 is 2.56 bits per heavy atom. The van der Waals surface area contributed by atoms with E-state index in [1.54, 1.807) is 18.3 Å². The van der Waals surface area contributed by atoms with E-state index in [0.717, 1.165) is 11.1 Å². The van der Waals surface area contributed by atoms with Crippen LogP contribution in [0, 0.1) is 12.7 Å². The highest BCUT2D eigenvalue weighted by molar-refractivity contribution is 5.35. The zero-order chi connectivity index (χ0) is 13.3. The molecule has 0 saturated heterocycles. The lowest BCUT2D eigenvalue weighted by atomic mass is 10.0. The Hall–Kier alpha value is -1.90. The summed E-state index contributed by atoms with van der Waals surface area (Å²) in [4.78, 5) is 12.3. The van der Waals surface area contributed by atoms with Crippen LogP contribution in [0.15, 0.2) is 41.3 Å². The molecule has 0 fully saturated rings. The minimum atomic E-state index is -0.341. The number of benzene rings is 1. The summed E-state index contributed by atoms with van der Waals surface area (Å²) in [5.41, 5.74) is 2.22. The Morgan fingerprint density at radius 2 is 1.94 bits per heavy atom. The van der Waals surface area contributed by atoms with E-state index in [9.17, 15) is 9.18 Å². The summed E-state index contributed by atoms with van der Waals surface area (Å²) in [6, 6.07) is 7.96. The highest BCUT2D eigenvalue weighted by Gasteiger charge is 2.10. The highest BCUT2D eigenvalue weighted by atomic mass is 19.1. The van der Waals surface area contributed by atoms with Crippen molar-refractivity contribution in [2.45, 2.75) is 26.7 Å². The first kappa shape index (κ1) is 12.6. The molecule has 2 nitrogen and oxygen atoms in total. The quantitative estimate of drug-likeness (QED) is 0.794. The van der Waals surface area contributed by atoms with Crippen LogP contribution in [0.25, 0.3) is 5.69 Å². The van der Waals surface area contributed by atoms with E-state index in [4.69, 9.17) is 0 Å². The average molecular weight is 245 g/mol. The van der Waals surface area contributed by atoms with Gasteiger partial charge in [0.15, 0.2) is 0 Å². The topological polar surface area (TPSA) is 22.0 Å². The number of pyridine rings is 1. The number of rotatable bonds is 2. The number of hydrogen-bond donors (Lipinski definition) is 0. The van der Waals surface area contributed by atoms with E-state index in [0.29, 0.717) is 5.69 Å². The van der Waals surface area contributed by atoms with E-state index in [2.05, 4.69) is 0 Å². The fourth-order valence-corrected chi connectivity index (χ4v) is 1.98. The van der Waals surface area contributed by atoms with Crippen LogP contribution in [0.1, 0.15) is 30.9 Å². The second-order valence-electron chi connectivity index (χ2n) is 4.78. The third kappa shape index (κ3) is 2.35. The summed E-state index contributed by atoms with van der Waals surface area (Å²) in [6.45, 7) is 5.89. The first-order valence-electron chi connectivity index (χ1n) is 5.98. The monoisotopic (exact) mass is 245 g/mol. The van der Waals surface area contributed by atoms with Crippen LogP contribution in [0.3, 0.4) is 0 Å². The number of halogens is 1. The number of aromatic nitrogens is 1. The highest BCUT2D eigenvalue weighted by Crippen LogP contribution is 2.14. The van der Waals surface area contributed by atoms with Gasteiger partial charge in [-0.25, -0.2) is 4.39 Å². The zero-order valence-corrected chi connectivity index (χ0v) is 10.8. The number of hydrogen-bond acceptors (Lipinski definition) is 1. The van der Waals surface area contributed by atoms with Gasteiger partial charge in [-0.05, 0) is 42.7 Å². The minimum absolute atomic E-state index is 0.0822. The number of aryl methyl sites for hydroxylation is 1. The van der Waals surface area contributed by atoms with Crippen LogP contribution in [0.4, 0.5) is 4.39 Å². The van der Waals surface area contributed by atoms with Crippen molar-refractivity contribution in [3.63, 3.8) is 0 Å². The van der Waals surface area contributed by atoms with Gasteiger partial charge in [0.1, 0.15) is 5.82 Å². The van der Waals surface area contributed by atoms with Crippen molar-refractivity contribution in [2.75, 3.05) is 0 Å². The van der Waals surface area contributed by atoms with Gasteiger partial charge in [-0.1, -0.05) is 19.9 Å². The molecule has 1 aromatic carbocycles. The van der Waals surface area contributed by atoms with Crippen LogP contribution in [0.5, 0.6) is 0 Å². The van der Waals surface area contributed by atoms with Gasteiger partial charge >= 0.3 is 0 Å². The van der Waals surface area contributed by atoms with Gasteiger partial charge in [-0.15, -0.1) is 0 Å². The van der Waals surface area contributed by atoms with Crippen molar-refractivity contribution in [1.29, 1.82) is 0 Å². The van der Waals surface area contributed by atoms with Crippen molar-refractivity contribution in [2.24, 2.45) is 0 Å². The van der Waals surface area contributed by atoms with Crippen LogP contribution in [-0.2, 0) is 0 Å². The van der Waals surface area contributed by atoms with Gasteiger partial charge in [-0.2, -0.15) is 0 Å². The van der Waals surface area contributed by atoms with Crippen LogP contribution in [0.2, 0.25) is 0 Å². The zero-order valence-electron chi connectivity index (χ0n) is 10.8. The molecule has 2 rings (SSSR count). The Labute approximate surface area is 106 Å². The van der Waals surface area contributed by atoms with Gasteiger partial charge in [0.05, 0.1) is 5.69 Å². The molecule has 0 radical (unpaired) electrons. The number of nitrogens with zero attached hydrogens (tertiary/aromatic N) is 1. The Balaban J connectivity index is 2.68. The molecule has 94 valence electrons. The predicted octanol–water partition coefficient (Wildman–Crippen LogP) is 3.41. The molecular weight excluding hydrogens is 229 g/mol. The van der Waals surface area contributed by atoms with Crippen molar-refractivity contribution < 1.29 is 4.39 Å². The van der Waals surface area contributed by atoms with Crippen molar-refractivity contribution in [1.82, 2.24) is 4.57 Å². The smallest absolute Gasteiger partial charge is 0.258 e. The third-order valence-electron chi connectivity index (χ3n) is 2.89. The van der Waals surface area contributed by atoms with Gasteiger partial charge in [0.2, 0.25) is 0 Å². The SMILES string of the molecule is Cc1cc(C(C)C)c(=O)n(-c2cccc(F)c2)c1. The summed E-state index contributed by atoms with van der Waals surface area (Å²) in [6.07, 6.45) is 1.74. The maximum Gasteiger partial charge on any atom is 0.258 e. The fourth-order valence-electron chi connectivity index (χ4n) is 1.98. The summed E-state index contributed by atoms with van der Waals surface area (Å²) >= 11 is 0. The molecule has 18 heavy (non-hydrogen) atoms. The molecule has 0 spiro atoms. The lowest BCUT2D eigenvalue weighted by molar-refractivity contribution is 0.626. The lowest BCUT2D eigenvalue weighted by Crippen LogP contribution is -2.23. The molecule has 0 N–H and O–H groups in total. The Morgan fingerprint density at radius 1 is 1.22 bits per heavy atom. The van der Waals surface area contributed by atoms with Gasteiger partial charge in [-0.3, -0.25) is 9.36 Å². The van der Waals surface area contributed by atoms with E-state index >= 15 is 0 Å². The van der Waals surface area contributed by atoms with Gasteiger partial charge in [0, 0.05) is 11.8 Å². The average Bonchev–Trinajstić information content (AvgIpc) is 2.31. The molecule has 0 aliphatic rings. The predicted molar refractivity (Wildman–Crippen MR) is 70.8 cm³/mol. The second kappa shape index (κ2) is 4.77. The van der Waals surface area contributed by atoms with Gasteiger partial charge < -0.3 is 0 Å². The minimum Gasteiger partial charge on any atom is -0.284 e. The van der Waals surface area contributed by atoms with E-state index in [1.165, 1.54) is 16.7 Å². The maximum absolute atomic E-state index is 13.2. The van der Waals surface area contributed by atoms with Crippen molar-refractivity contribution >= 4 is 0 Å². The lowest BCUT2D eigenvalue weighted by Gasteiger charge is -2.12. The van der Waals surface area contributed by atoms with E-state index in [-0.39, 0.29) is 17.3 Å². The molecule has 0 atom stereocenters. The molecule has 0 bridgehead atoms. The normalized spacial score (nSPS) is 10.9. The Kier molecular flexibility index (Phi) is 3.32. The van der Waals surface area contributed by atoms with Crippen molar-refractivity contribution in [3.05, 3.63) is 63.8 Å². The molecule has 3 heteroatoms. The molecule has 0 aliphatic carbocycles. The standard InChI is InChI=1S/C15H16FNO/c1-10(2)14-7-11(3)9-17(15(14)18)13-6-4-5-12(16)8-13/h4-10H,1-3H3. The van der Waals surface area contributed by atoms with Crippen molar-refractivity contribution in [3.8, 4) is 5.69 Å². The molecule has 0 aliphatic heterocycles. The summed E-state index contributed by atoms with van der Waals surface area (Å²) in [5.74, 6) is -0.191. The maximum atomic E-state index is 13.2. The first-order valence-corrected chi connectivity index (χ1v) is 5.98. The molecule has 0 unspecified atom stereocenters. The molecule has 1 heterocycles. The molecule has 0 amide bonds. The van der Waals surface area contributed by atoms with Crippen LogP contribution >= 0.6 is 0 Å². The summed E-state index contributed by atoms with van der Waals surface area (Å²) in [7, 11) is 0. The van der Waals surface area contributed by atoms with Crippen LogP contribution in [-0.4, -0.2) is 4.57 Å². The Bertz CT molecular complexity index is 629. The van der Waals surface area contributed by atoms with Gasteiger partial charge in [0.25, 0.3) is 5.56 Å². The molecule has 2 aromatic rings. The molecular formula is C15H16FNO. The summed E-state index contributed by atoms with van der Waals surface area (Å²) < 4.78 is 14.7.